The lowest BCUT2D eigenvalue weighted by Gasteiger charge is -2.13. The van der Waals surface area contributed by atoms with Crippen LogP contribution in [0.1, 0.15) is 42.1 Å². The summed E-state index contributed by atoms with van der Waals surface area (Å²) in [4.78, 5) is 12.2. The van der Waals surface area contributed by atoms with Crippen LogP contribution in [0.3, 0.4) is 0 Å². The summed E-state index contributed by atoms with van der Waals surface area (Å²) in [6.45, 7) is -1.79. The SMILES string of the molecule is Cc1ccc(OC(F)F)c(NC(=O)Cn2nc(C3CC3)cc2C(F)F)c1. The third-order valence-electron chi connectivity index (χ3n) is 3.97. The highest BCUT2D eigenvalue weighted by Gasteiger charge is 2.29. The molecular formula is C17H17F4N3O2. The molecule has 0 atom stereocenters. The number of carbonyl (C=O) groups excluding carboxylic acids is 1. The molecule has 3 rings (SSSR count). The Morgan fingerprint density at radius 2 is 2.04 bits per heavy atom. The van der Waals surface area contributed by atoms with Gasteiger partial charge in [-0.3, -0.25) is 9.48 Å². The van der Waals surface area contributed by atoms with E-state index in [1.54, 1.807) is 13.0 Å². The number of rotatable bonds is 7. The molecule has 0 spiro atoms. The zero-order valence-electron chi connectivity index (χ0n) is 13.9. The van der Waals surface area contributed by atoms with Crippen LogP contribution in [0.4, 0.5) is 23.2 Å². The van der Waals surface area contributed by atoms with E-state index in [0.717, 1.165) is 17.5 Å². The van der Waals surface area contributed by atoms with Crippen molar-refractivity contribution in [1.82, 2.24) is 9.78 Å². The van der Waals surface area contributed by atoms with Gasteiger partial charge in [-0.25, -0.2) is 8.78 Å². The summed E-state index contributed by atoms with van der Waals surface area (Å²) in [5, 5.41) is 6.51. The lowest BCUT2D eigenvalue weighted by molar-refractivity contribution is -0.117. The second-order valence-corrected chi connectivity index (χ2v) is 6.15. The number of carbonyl (C=O) groups is 1. The first-order chi connectivity index (χ1) is 12.3. The molecule has 0 aliphatic heterocycles. The molecule has 1 N–H and O–H groups in total. The standard InChI is InChI=1S/C17H17F4N3O2/c1-9-2-5-14(26-17(20)21)12(6-9)22-15(25)8-24-13(16(18)19)7-11(23-24)10-3-4-10/h2,5-7,10,16-17H,3-4,8H2,1H3,(H,22,25). The molecule has 1 saturated carbocycles. The summed E-state index contributed by atoms with van der Waals surface area (Å²) in [5.41, 5.74) is 0.967. The molecule has 0 radical (unpaired) electrons. The average Bonchev–Trinajstić information content (AvgIpc) is 3.30. The third kappa shape index (κ3) is 4.33. The Kier molecular flexibility index (Phi) is 5.15. The highest BCUT2D eigenvalue weighted by atomic mass is 19.3. The summed E-state index contributed by atoms with van der Waals surface area (Å²) in [6.07, 6.45) is -0.980. The third-order valence-corrected chi connectivity index (χ3v) is 3.97. The number of ether oxygens (including phenoxy) is 1. The molecule has 1 aliphatic rings. The van der Waals surface area contributed by atoms with Gasteiger partial charge in [0.05, 0.1) is 11.4 Å². The molecule has 1 aromatic carbocycles. The smallest absolute Gasteiger partial charge is 0.387 e. The molecule has 9 heteroatoms. The van der Waals surface area contributed by atoms with Crippen LogP contribution in [-0.2, 0) is 11.3 Å². The van der Waals surface area contributed by atoms with Crippen molar-refractivity contribution in [1.29, 1.82) is 0 Å². The largest absolute Gasteiger partial charge is 0.433 e. The van der Waals surface area contributed by atoms with Crippen LogP contribution in [0.25, 0.3) is 0 Å². The van der Waals surface area contributed by atoms with Crippen LogP contribution in [0.15, 0.2) is 24.3 Å². The molecule has 1 amide bonds. The summed E-state index contributed by atoms with van der Waals surface area (Å²) >= 11 is 0. The van der Waals surface area contributed by atoms with Crippen molar-refractivity contribution >= 4 is 11.6 Å². The van der Waals surface area contributed by atoms with Crippen molar-refractivity contribution in [2.24, 2.45) is 0 Å². The fraction of sp³-hybridized carbons (Fsp3) is 0.412. The lowest BCUT2D eigenvalue weighted by atomic mass is 10.2. The molecule has 26 heavy (non-hydrogen) atoms. The number of hydrogen-bond donors (Lipinski definition) is 1. The zero-order valence-corrected chi connectivity index (χ0v) is 13.9. The van der Waals surface area contributed by atoms with E-state index in [9.17, 15) is 22.4 Å². The Balaban J connectivity index is 1.76. The van der Waals surface area contributed by atoms with Gasteiger partial charge in [0.15, 0.2) is 0 Å². The van der Waals surface area contributed by atoms with Crippen molar-refractivity contribution in [2.45, 2.75) is 45.3 Å². The molecule has 2 aromatic rings. The Labute approximate surface area is 146 Å². The molecule has 0 saturated heterocycles. The topological polar surface area (TPSA) is 56.1 Å². The summed E-state index contributed by atoms with van der Waals surface area (Å²) in [5.74, 6) is -0.700. The first-order valence-corrected chi connectivity index (χ1v) is 8.04. The first kappa shape index (κ1) is 18.2. The van der Waals surface area contributed by atoms with Crippen LogP contribution in [0.5, 0.6) is 5.75 Å². The normalized spacial score (nSPS) is 14.1. The van der Waals surface area contributed by atoms with Gasteiger partial charge in [-0.2, -0.15) is 13.9 Å². The van der Waals surface area contributed by atoms with E-state index >= 15 is 0 Å². The molecule has 0 unspecified atom stereocenters. The molecular weight excluding hydrogens is 354 g/mol. The van der Waals surface area contributed by atoms with Gasteiger partial charge >= 0.3 is 6.61 Å². The maximum Gasteiger partial charge on any atom is 0.387 e. The number of amides is 1. The Morgan fingerprint density at radius 3 is 2.65 bits per heavy atom. The first-order valence-electron chi connectivity index (χ1n) is 8.04. The van der Waals surface area contributed by atoms with Crippen LogP contribution < -0.4 is 10.1 Å². The van der Waals surface area contributed by atoms with Crippen molar-refractivity contribution in [2.75, 3.05) is 5.32 Å². The van der Waals surface area contributed by atoms with E-state index in [2.05, 4.69) is 15.2 Å². The van der Waals surface area contributed by atoms with Gasteiger partial charge < -0.3 is 10.1 Å². The molecule has 0 bridgehead atoms. The van der Waals surface area contributed by atoms with Gasteiger partial charge in [0, 0.05) is 5.92 Å². The number of aryl methyl sites for hydroxylation is 1. The van der Waals surface area contributed by atoms with E-state index in [1.165, 1.54) is 18.2 Å². The van der Waals surface area contributed by atoms with Crippen LogP contribution >= 0.6 is 0 Å². The van der Waals surface area contributed by atoms with Crippen molar-refractivity contribution in [3.05, 3.63) is 41.2 Å². The van der Waals surface area contributed by atoms with Crippen molar-refractivity contribution in [3.63, 3.8) is 0 Å². The maximum absolute atomic E-state index is 13.2. The number of anilines is 1. The van der Waals surface area contributed by atoms with E-state index in [0.29, 0.717) is 11.3 Å². The van der Waals surface area contributed by atoms with Crippen LogP contribution in [0, 0.1) is 6.92 Å². The van der Waals surface area contributed by atoms with Gasteiger partial charge in [0.2, 0.25) is 5.91 Å². The quantitative estimate of drug-likeness (QED) is 0.741. The molecule has 1 fully saturated rings. The van der Waals surface area contributed by atoms with Crippen LogP contribution in [0.2, 0.25) is 0 Å². The zero-order chi connectivity index (χ0) is 18.8. The van der Waals surface area contributed by atoms with Gasteiger partial charge in [0.25, 0.3) is 6.43 Å². The number of aromatic nitrogens is 2. The fourth-order valence-electron chi connectivity index (χ4n) is 2.60. The minimum atomic E-state index is -3.05. The maximum atomic E-state index is 13.2. The van der Waals surface area contributed by atoms with Gasteiger partial charge in [0.1, 0.15) is 18.0 Å². The highest BCUT2D eigenvalue weighted by Crippen LogP contribution is 2.40. The molecule has 1 heterocycles. The summed E-state index contributed by atoms with van der Waals surface area (Å²) in [7, 11) is 0. The average molecular weight is 371 g/mol. The monoisotopic (exact) mass is 371 g/mol. The highest BCUT2D eigenvalue weighted by molar-refractivity contribution is 5.92. The van der Waals surface area contributed by atoms with E-state index in [4.69, 9.17) is 0 Å². The predicted octanol–water partition coefficient (Wildman–Crippen LogP) is 4.25. The second kappa shape index (κ2) is 7.35. The Bertz CT molecular complexity index is 803. The van der Waals surface area contributed by atoms with Gasteiger partial charge in [-0.05, 0) is 43.5 Å². The fourth-order valence-corrected chi connectivity index (χ4v) is 2.60. The number of alkyl halides is 4. The number of nitrogens with one attached hydrogen (secondary N) is 1. The van der Waals surface area contributed by atoms with Crippen molar-refractivity contribution < 1.29 is 27.1 Å². The number of hydrogen-bond acceptors (Lipinski definition) is 3. The lowest BCUT2D eigenvalue weighted by Crippen LogP contribution is -2.21. The summed E-state index contributed by atoms with van der Waals surface area (Å²) in [6, 6.07) is 5.63. The Morgan fingerprint density at radius 1 is 1.31 bits per heavy atom. The Hall–Kier alpha value is -2.58. The van der Waals surface area contributed by atoms with E-state index < -0.39 is 25.5 Å². The van der Waals surface area contributed by atoms with Crippen LogP contribution in [-0.4, -0.2) is 22.3 Å². The van der Waals surface area contributed by atoms with Gasteiger partial charge in [-0.15, -0.1) is 0 Å². The minimum Gasteiger partial charge on any atom is -0.433 e. The molecule has 1 aromatic heterocycles. The molecule has 5 nitrogen and oxygen atoms in total. The summed E-state index contributed by atoms with van der Waals surface area (Å²) < 4.78 is 56.6. The van der Waals surface area contributed by atoms with Crippen molar-refractivity contribution in [3.8, 4) is 5.75 Å². The second-order valence-electron chi connectivity index (χ2n) is 6.15. The predicted molar refractivity (Wildman–Crippen MR) is 85.6 cm³/mol. The van der Waals surface area contributed by atoms with Gasteiger partial charge in [-0.1, -0.05) is 6.07 Å². The van der Waals surface area contributed by atoms with E-state index in [-0.39, 0.29) is 23.0 Å². The number of halogens is 4. The molecule has 1 aliphatic carbocycles. The minimum absolute atomic E-state index is 0.0449. The van der Waals surface area contributed by atoms with E-state index in [1.807, 2.05) is 0 Å². The number of benzene rings is 1. The number of nitrogens with zero attached hydrogens (tertiary/aromatic N) is 2. The molecule has 140 valence electrons.